The number of aryl methyl sites for hydroxylation is 1. The maximum atomic E-state index is 4.31. The van der Waals surface area contributed by atoms with Crippen molar-refractivity contribution in [3.05, 3.63) is 31.1 Å². The number of anilines is 1. The van der Waals surface area contributed by atoms with Crippen LogP contribution in [0.25, 0.3) is 0 Å². The zero-order valence-electron chi connectivity index (χ0n) is 8.66. The Hall–Kier alpha value is -1.09. The molecule has 0 aliphatic carbocycles. The molecule has 0 saturated carbocycles. The fraction of sp³-hybridized carbons (Fsp3) is 0.455. The van der Waals surface area contributed by atoms with Gasteiger partial charge in [0.15, 0.2) is 0 Å². The third-order valence-corrected chi connectivity index (χ3v) is 2.73. The number of quaternary nitrogens is 1. The Morgan fingerprint density at radius 1 is 1.36 bits per heavy atom. The third-order valence-electron chi connectivity index (χ3n) is 2.73. The van der Waals surface area contributed by atoms with Crippen molar-refractivity contribution in [3.8, 4) is 0 Å². The monoisotopic (exact) mass is 191 g/mol. The van der Waals surface area contributed by atoms with Gasteiger partial charge in [-0.05, 0) is 19.1 Å². The van der Waals surface area contributed by atoms with Crippen LogP contribution in [0.2, 0.25) is 0 Å². The Morgan fingerprint density at radius 3 is 2.64 bits per heavy atom. The number of pyridine rings is 1. The standard InChI is InChI=1S/C11H17N3/c1-10-3-4-11(9-12-10)14-7-5-13(2)6-8-14/h3-4,9,13H,2,5-8H2,1H3. The van der Waals surface area contributed by atoms with Gasteiger partial charge in [0.05, 0.1) is 38.1 Å². The Labute approximate surface area is 85.4 Å². The third kappa shape index (κ3) is 2.04. The average molecular weight is 191 g/mol. The molecule has 76 valence electrons. The number of nitrogens with zero attached hydrogens (tertiary/aromatic N) is 2. The molecule has 2 rings (SSSR count). The van der Waals surface area contributed by atoms with Gasteiger partial charge in [-0.3, -0.25) is 4.98 Å². The molecule has 0 unspecified atom stereocenters. The van der Waals surface area contributed by atoms with E-state index in [-0.39, 0.29) is 0 Å². The van der Waals surface area contributed by atoms with Gasteiger partial charge in [0, 0.05) is 5.69 Å². The van der Waals surface area contributed by atoms with Crippen molar-refractivity contribution in [3.63, 3.8) is 0 Å². The molecule has 0 aromatic carbocycles. The van der Waals surface area contributed by atoms with E-state index in [0.29, 0.717) is 0 Å². The fourth-order valence-corrected chi connectivity index (χ4v) is 1.73. The summed E-state index contributed by atoms with van der Waals surface area (Å²) in [7, 11) is 4.01. The lowest BCUT2D eigenvalue weighted by atomic mass is 10.2. The lowest BCUT2D eigenvalue weighted by Crippen LogP contribution is -3.10. The average Bonchev–Trinajstić information content (AvgIpc) is 2.21. The van der Waals surface area contributed by atoms with E-state index in [1.54, 1.807) is 0 Å². The minimum Gasteiger partial charge on any atom is -0.465 e. The summed E-state index contributed by atoms with van der Waals surface area (Å²) in [4.78, 5) is 8.06. The van der Waals surface area contributed by atoms with Gasteiger partial charge in [-0.15, -0.1) is 0 Å². The van der Waals surface area contributed by atoms with Gasteiger partial charge in [-0.25, -0.2) is 0 Å². The molecule has 2 heterocycles. The summed E-state index contributed by atoms with van der Waals surface area (Å²) in [6.45, 7) is 6.43. The van der Waals surface area contributed by atoms with Crippen molar-refractivity contribution in [2.45, 2.75) is 6.92 Å². The molecular formula is C11H17N3. The van der Waals surface area contributed by atoms with Crippen LogP contribution in [0.3, 0.4) is 0 Å². The van der Waals surface area contributed by atoms with Crippen LogP contribution in [-0.2, 0) is 0 Å². The maximum absolute atomic E-state index is 4.31. The first-order valence-corrected chi connectivity index (χ1v) is 5.10. The van der Waals surface area contributed by atoms with Crippen molar-refractivity contribution in [1.29, 1.82) is 0 Å². The van der Waals surface area contributed by atoms with Crippen LogP contribution >= 0.6 is 0 Å². The van der Waals surface area contributed by atoms with Crippen LogP contribution in [0.5, 0.6) is 0 Å². The smallest absolute Gasteiger partial charge is 0.0709 e. The SMILES string of the molecule is [CH2-][NH+]1CCN(c2ccc(C)nc2)CC1. The van der Waals surface area contributed by atoms with Crippen molar-refractivity contribution < 1.29 is 4.90 Å². The lowest BCUT2D eigenvalue weighted by molar-refractivity contribution is -0.854. The number of hydrogen-bond acceptors (Lipinski definition) is 2. The molecule has 0 amide bonds. The van der Waals surface area contributed by atoms with E-state index in [4.69, 9.17) is 0 Å². The summed E-state index contributed by atoms with van der Waals surface area (Å²) in [6.07, 6.45) is 1.96. The Morgan fingerprint density at radius 2 is 2.07 bits per heavy atom. The van der Waals surface area contributed by atoms with E-state index in [1.807, 2.05) is 13.1 Å². The highest BCUT2D eigenvalue weighted by Gasteiger charge is 2.14. The molecule has 1 fully saturated rings. The first-order chi connectivity index (χ1) is 6.75. The zero-order chi connectivity index (χ0) is 9.97. The van der Waals surface area contributed by atoms with Crippen molar-refractivity contribution in [2.24, 2.45) is 0 Å². The molecule has 3 nitrogen and oxygen atoms in total. The molecule has 0 bridgehead atoms. The zero-order valence-corrected chi connectivity index (χ0v) is 8.66. The van der Waals surface area contributed by atoms with E-state index in [0.717, 1.165) is 31.9 Å². The summed E-state index contributed by atoms with van der Waals surface area (Å²) in [6, 6.07) is 4.22. The van der Waals surface area contributed by atoms with E-state index in [1.165, 1.54) is 10.6 Å². The molecule has 3 heteroatoms. The molecule has 0 spiro atoms. The largest absolute Gasteiger partial charge is 0.465 e. The van der Waals surface area contributed by atoms with Crippen LogP contribution in [0.1, 0.15) is 5.69 Å². The number of piperazine rings is 1. The summed E-state index contributed by atoms with van der Waals surface area (Å²) < 4.78 is 0. The van der Waals surface area contributed by atoms with Gasteiger partial charge in [-0.1, -0.05) is 0 Å². The van der Waals surface area contributed by atoms with Gasteiger partial charge < -0.3 is 9.80 Å². The number of rotatable bonds is 1. The molecule has 14 heavy (non-hydrogen) atoms. The topological polar surface area (TPSA) is 20.6 Å². The number of aromatic nitrogens is 1. The number of hydrogen-bond donors (Lipinski definition) is 1. The van der Waals surface area contributed by atoms with Gasteiger partial charge in [0.25, 0.3) is 0 Å². The van der Waals surface area contributed by atoms with Crippen LogP contribution < -0.4 is 9.80 Å². The van der Waals surface area contributed by atoms with Crippen LogP contribution in [-0.4, -0.2) is 31.2 Å². The molecule has 1 N–H and O–H groups in total. The first-order valence-electron chi connectivity index (χ1n) is 5.10. The minimum atomic E-state index is 1.08. The van der Waals surface area contributed by atoms with E-state index in [2.05, 4.69) is 29.1 Å². The van der Waals surface area contributed by atoms with Gasteiger partial charge in [0.1, 0.15) is 0 Å². The van der Waals surface area contributed by atoms with Gasteiger partial charge in [0.2, 0.25) is 0 Å². The predicted octanol–water partition coefficient (Wildman–Crippen LogP) is -0.113. The summed E-state index contributed by atoms with van der Waals surface area (Å²) in [5, 5.41) is 0. The lowest BCUT2D eigenvalue weighted by Gasteiger charge is -2.35. The summed E-state index contributed by atoms with van der Waals surface area (Å²) in [5.74, 6) is 0. The molecule has 1 aromatic rings. The molecular weight excluding hydrogens is 174 g/mol. The molecule has 1 aliphatic heterocycles. The van der Waals surface area contributed by atoms with Gasteiger partial charge in [-0.2, -0.15) is 7.05 Å². The maximum Gasteiger partial charge on any atom is 0.0709 e. The minimum absolute atomic E-state index is 1.08. The second-order valence-corrected chi connectivity index (χ2v) is 3.89. The van der Waals surface area contributed by atoms with E-state index < -0.39 is 0 Å². The Kier molecular flexibility index (Phi) is 2.68. The van der Waals surface area contributed by atoms with Gasteiger partial charge >= 0.3 is 0 Å². The number of nitrogens with one attached hydrogen (secondary N) is 1. The molecule has 1 aromatic heterocycles. The van der Waals surface area contributed by atoms with Crippen LogP contribution in [0, 0.1) is 14.0 Å². The second-order valence-electron chi connectivity index (χ2n) is 3.89. The van der Waals surface area contributed by atoms with E-state index in [9.17, 15) is 0 Å². The molecule has 0 radical (unpaired) electrons. The Bertz CT molecular complexity index is 286. The molecule has 1 aliphatic rings. The quantitative estimate of drug-likeness (QED) is 0.625. The van der Waals surface area contributed by atoms with E-state index >= 15 is 0 Å². The highest BCUT2D eigenvalue weighted by Crippen LogP contribution is 2.12. The van der Waals surface area contributed by atoms with Crippen molar-refractivity contribution >= 4 is 5.69 Å². The second kappa shape index (κ2) is 3.96. The van der Waals surface area contributed by atoms with Crippen molar-refractivity contribution in [2.75, 3.05) is 31.1 Å². The molecule has 1 saturated heterocycles. The highest BCUT2D eigenvalue weighted by molar-refractivity contribution is 5.44. The van der Waals surface area contributed by atoms with Crippen LogP contribution in [0.4, 0.5) is 5.69 Å². The normalized spacial score (nSPS) is 18.6. The van der Waals surface area contributed by atoms with Crippen molar-refractivity contribution in [1.82, 2.24) is 4.98 Å². The predicted molar refractivity (Wildman–Crippen MR) is 57.2 cm³/mol. The Balaban J connectivity index is 2.05. The van der Waals surface area contributed by atoms with Crippen LogP contribution in [0.15, 0.2) is 18.3 Å². The fourth-order valence-electron chi connectivity index (χ4n) is 1.73. The highest BCUT2D eigenvalue weighted by atomic mass is 15.2. The summed E-state index contributed by atoms with van der Waals surface area (Å²) in [5.41, 5.74) is 2.32. The molecule has 0 atom stereocenters. The summed E-state index contributed by atoms with van der Waals surface area (Å²) >= 11 is 0. The first kappa shape index (κ1) is 9.46.